The van der Waals surface area contributed by atoms with Gasteiger partial charge < -0.3 is 4.74 Å². The van der Waals surface area contributed by atoms with Crippen molar-refractivity contribution in [3.8, 4) is 5.75 Å². The van der Waals surface area contributed by atoms with Crippen LogP contribution in [0.5, 0.6) is 5.75 Å². The summed E-state index contributed by atoms with van der Waals surface area (Å²) in [7, 11) is 1.72. The number of hydrogen-bond donors (Lipinski definition) is 0. The van der Waals surface area contributed by atoms with E-state index in [0.717, 1.165) is 28.6 Å². The second-order valence-corrected chi connectivity index (χ2v) is 8.06. The molecule has 4 nitrogen and oxygen atoms in total. The zero-order valence-electron chi connectivity index (χ0n) is 13.3. The van der Waals surface area contributed by atoms with E-state index < -0.39 is 0 Å². The molecule has 0 fully saturated rings. The van der Waals surface area contributed by atoms with Crippen LogP contribution in [0.1, 0.15) is 29.0 Å². The molecule has 24 heavy (non-hydrogen) atoms. The summed E-state index contributed by atoms with van der Waals surface area (Å²) < 4.78 is 7.19. The first-order chi connectivity index (χ1) is 11.6. The van der Waals surface area contributed by atoms with Crippen LogP contribution in [0.2, 0.25) is 0 Å². The van der Waals surface area contributed by atoms with E-state index in [-0.39, 0.29) is 12.1 Å². The molecule has 0 bridgehead atoms. The molecule has 1 aliphatic heterocycles. The van der Waals surface area contributed by atoms with Gasteiger partial charge in [0.05, 0.1) is 6.04 Å². The Morgan fingerprint density at radius 3 is 3.00 bits per heavy atom. The van der Waals surface area contributed by atoms with Gasteiger partial charge in [-0.3, -0.25) is 14.7 Å². The van der Waals surface area contributed by atoms with E-state index in [9.17, 15) is 4.79 Å². The van der Waals surface area contributed by atoms with Crippen molar-refractivity contribution in [3.05, 3.63) is 50.6 Å². The fourth-order valence-electron chi connectivity index (χ4n) is 2.66. The number of fused-ring (bicyclic) bond motifs is 1. The number of carbonyl (C=O) groups is 1. The van der Waals surface area contributed by atoms with Gasteiger partial charge >= 0.3 is 0 Å². The number of halogens is 1. The van der Waals surface area contributed by atoms with Crippen LogP contribution in [-0.4, -0.2) is 29.8 Å². The van der Waals surface area contributed by atoms with Crippen LogP contribution >= 0.6 is 39.0 Å². The molecule has 7 heteroatoms. The Morgan fingerprint density at radius 2 is 2.33 bits per heavy atom. The van der Waals surface area contributed by atoms with Crippen molar-refractivity contribution in [2.24, 2.45) is 4.99 Å². The Balaban J connectivity index is 2.01. The first kappa shape index (κ1) is 17.5. The van der Waals surface area contributed by atoms with Crippen molar-refractivity contribution in [1.29, 1.82) is 0 Å². The first-order valence-electron chi connectivity index (χ1n) is 7.41. The van der Waals surface area contributed by atoms with Crippen molar-refractivity contribution >= 4 is 50.6 Å². The van der Waals surface area contributed by atoms with E-state index in [1.807, 2.05) is 30.5 Å². The van der Waals surface area contributed by atoms with Gasteiger partial charge in [-0.05, 0) is 35.9 Å². The molecule has 2 atom stereocenters. The van der Waals surface area contributed by atoms with Gasteiger partial charge in [-0.15, -0.1) is 11.3 Å². The molecular formula is C17H17BrN2O2S2. The summed E-state index contributed by atoms with van der Waals surface area (Å²) >= 11 is 6.68. The first-order valence-corrected chi connectivity index (χ1v) is 10.3. The second kappa shape index (κ2) is 7.72. The van der Waals surface area contributed by atoms with Crippen LogP contribution in [0.15, 0.2) is 45.2 Å². The molecular weight excluding hydrogens is 408 g/mol. The van der Waals surface area contributed by atoms with Gasteiger partial charge in [-0.1, -0.05) is 33.8 Å². The predicted octanol–water partition coefficient (Wildman–Crippen LogP) is 4.88. The Kier molecular flexibility index (Phi) is 5.63. The van der Waals surface area contributed by atoms with E-state index in [4.69, 9.17) is 9.73 Å². The maximum absolute atomic E-state index is 11.1. The minimum absolute atomic E-state index is 0.0166. The van der Waals surface area contributed by atoms with Crippen molar-refractivity contribution < 1.29 is 9.53 Å². The van der Waals surface area contributed by atoms with Crippen LogP contribution < -0.4 is 4.74 Å². The molecule has 0 N–H and O–H groups in total. The summed E-state index contributed by atoms with van der Waals surface area (Å²) in [5, 5.41) is 2.76. The maximum Gasteiger partial charge on any atom is 0.215 e. The number of rotatable bonds is 3. The number of benzene rings is 1. The molecule has 0 saturated carbocycles. The van der Waals surface area contributed by atoms with E-state index in [2.05, 4.69) is 27.4 Å². The molecule has 0 spiro atoms. The van der Waals surface area contributed by atoms with Gasteiger partial charge in [0.2, 0.25) is 6.41 Å². The molecule has 3 rings (SSSR count). The Morgan fingerprint density at radius 1 is 1.50 bits per heavy atom. The van der Waals surface area contributed by atoms with Gasteiger partial charge in [0.25, 0.3) is 0 Å². The summed E-state index contributed by atoms with van der Waals surface area (Å²) in [6.07, 6.45) is 3.45. The molecule has 0 radical (unpaired) electrons. The van der Waals surface area contributed by atoms with Crippen LogP contribution in [0.4, 0.5) is 0 Å². The third-order valence-corrected chi connectivity index (χ3v) is 6.02. The number of amides is 1. The van der Waals surface area contributed by atoms with E-state index in [1.54, 1.807) is 18.4 Å². The highest BCUT2D eigenvalue weighted by Gasteiger charge is 2.30. The van der Waals surface area contributed by atoms with E-state index in [0.29, 0.717) is 5.17 Å². The SMILES string of the molecule is CS/C(=N/C1CC(c2cccs2)Oc2ccc(Br)cc21)N(C)C=O. The Bertz CT molecular complexity index is 749. The zero-order valence-corrected chi connectivity index (χ0v) is 16.5. The molecule has 0 aliphatic carbocycles. The molecule has 126 valence electrons. The van der Waals surface area contributed by atoms with E-state index >= 15 is 0 Å². The molecule has 0 saturated heterocycles. The summed E-state index contributed by atoms with van der Waals surface area (Å²) in [5.74, 6) is 0.853. The van der Waals surface area contributed by atoms with Crippen LogP contribution in [-0.2, 0) is 4.79 Å². The summed E-state index contributed by atoms with van der Waals surface area (Å²) in [4.78, 5) is 18.6. The molecule has 1 aromatic heterocycles. The number of ether oxygens (including phenoxy) is 1. The molecule has 1 aromatic carbocycles. The standard InChI is InChI=1S/C17H17BrN2O2S2/c1-20(10-21)17(23-2)19-13-9-15(16-4-3-7-24-16)22-14-6-5-11(18)8-12(13)14/h3-8,10,13,15H,9H2,1-2H3/b19-17+. The number of thioether (sulfide) groups is 1. The smallest absolute Gasteiger partial charge is 0.215 e. The van der Waals surface area contributed by atoms with Crippen molar-refractivity contribution in [2.45, 2.75) is 18.6 Å². The monoisotopic (exact) mass is 424 g/mol. The van der Waals surface area contributed by atoms with Crippen molar-refractivity contribution in [1.82, 2.24) is 4.90 Å². The molecule has 2 heterocycles. The largest absolute Gasteiger partial charge is 0.484 e. The summed E-state index contributed by atoms with van der Waals surface area (Å²) in [6, 6.07) is 10.1. The maximum atomic E-state index is 11.1. The van der Waals surface area contributed by atoms with Gasteiger partial charge in [0.1, 0.15) is 11.9 Å². The van der Waals surface area contributed by atoms with Gasteiger partial charge in [0, 0.05) is 28.4 Å². The minimum atomic E-state index is -0.0526. The van der Waals surface area contributed by atoms with Gasteiger partial charge in [-0.2, -0.15) is 0 Å². The lowest BCUT2D eigenvalue weighted by Gasteiger charge is -2.30. The lowest BCUT2D eigenvalue weighted by atomic mass is 9.96. The van der Waals surface area contributed by atoms with Gasteiger partial charge in [0.15, 0.2) is 5.17 Å². The zero-order chi connectivity index (χ0) is 17.1. The lowest BCUT2D eigenvalue weighted by Crippen LogP contribution is -2.24. The highest BCUT2D eigenvalue weighted by molar-refractivity contribution is 9.10. The fraction of sp³-hybridized carbons (Fsp3) is 0.294. The number of aliphatic imine (C=N–C) groups is 1. The van der Waals surface area contributed by atoms with E-state index in [1.165, 1.54) is 21.5 Å². The normalized spacial score (nSPS) is 20.2. The molecule has 2 aromatic rings. The topological polar surface area (TPSA) is 41.9 Å². The fourth-order valence-corrected chi connectivity index (χ4v) is 4.37. The van der Waals surface area contributed by atoms with Crippen LogP contribution in [0.25, 0.3) is 0 Å². The van der Waals surface area contributed by atoms with Crippen LogP contribution in [0, 0.1) is 0 Å². The second-order valence-electron chi connectivity index (χ2n) is 5.39. The number of carbonyl (C=O) groups excluding carboxylic acids is 1. The lowest BCUT2D eigenvalue weighted by molar-refractivity contribution is -0.113. The highest BCUT2D eigenvalue weighted by atomic mass is 79.9. The number of nitrogens with zero attached hydrogens (tertiary/aromatic N) is 2. The molecule has 1 amide bonds. The Labute approximate surface area is 158 Å². The quantitative estimate of drug-likeness (QED) is 0.400. The average molecular weight is 425 g/mol. The minimum Gasteiger partial charge on any atom is -0.484 e. The highest BCUT2D eigenvalue weighted by Crippen LogP contribution is 2.44. The summed E-state index contributed by atoms with van der Waals surface area (Å²) in [5.41, 5.74) is 1.04. The van der Waals surface area contributed by atoms with Crippen LogP contribution in [0.3, 0.4) is 0 Å². The third-order valence-electron chi connectivity index (χ3n) is 3.81. The number of amidine groups is 1. The summed E-state index contributed by atoms with van der Waals surface area (Å²) in [6.45, 7) is 0. The predicted molar refractivity (Wildman–Crippen MR) is 104 cm³/mol. The number of thiophene rings is 1. The van der Waals surface area contributed by atoms with Crippen molar-refractivity contribution in [3.63, 3.8) is 0 Å². The van der Waals surface area contributed by atoms with Crippen molar-refractivity contribution in [2.75, 3.05) is 13.3 Å². The Hall–Kier alpha value is -1.31. The molecule has 1 aliphatic rings. The molecule has 2 unspecified atom stereocenters. The third kappa shape index (κ3) is 3.68. The average Bonchev–Trinajstić information content (AvgIpc) is 3.13. The van der Waals surface area contributed by atoms with Gasteiger partial charge in [-0.25, -0.2) is 0 Å². The number of hydrogen-bond acceptors (Lipinski definition) is 5.